The molecule has 0 bridgehead atoms. The molecule has 1 saturated carbocycles. The summed E-state index contributed by atoms with van der Waals surface area (Å²) in [6, 6.07) is 7.55. The maximum Gasteiger partial charge on any atom is 0.246 e. The Bertz CT molecular complexity index is 866. The number of hydrogen-bond donors (Lipinski definition) is 3. The van der Waals surface area contributed by atoms with Crippen molar-refractivity contribution in [2.24, 2.45) is 5.92 Å². The number of likely N-dealkylation sites (N-methyl/N-ethyl adjacent to an activating group) is 1. The van der Waals surface area contributed by atoms with Crippen molar-refractivity contribution in [3.05, 3.63) is 29.3 Å². The highest BCUT2D eigenvalue weighted by Gasteiger charge is 2.51. The van der Waals surface area contributed by atoms with Crippen molar-refractivity contribution in [1.29, 1.82) is 0 Å². The van der Waals surface area contributed by atoms with E-state index in [1.165, 1.54) is 36.1 Å². The zero-order valence-corrected chi connectivity index (χ0v) is 21.0. The van der Waals surface area contributed by atoms with E-state index in [-0.39, 0.29) is 11.9 Å². The zero-order chi connectivity index (χ0) is 23.2. The second-order valence-corrected chi connectivity index (χ2v) is 11.4. The number of carbonyl (C=O) groups is 1. The quantitative estimate of drug-likeness (QED) is 0.640. The van der Waals surface area contributed by atoms with Gasteiger partial charge in [-0.2, -0.15) is 0 Å². The number of anilines is 1. The summed E-state index contributed by atoms with van der Waals surface area (Å²) >= 11 is 0. The summed E-state index contributed by atoms with van der Waals surface area (Å²) in [5.74, 6) is 0.635. The van der Waals surface area contributed by atoms with Gasteiger partial charge >= 0.3 is 0 Å². The summed E-state index contributed by atoms with van der Waals surface area (Å²) in [5.41, 5.74) is 3.26. The van der Waals surface area contributed by atoms with E-state index < -0.39 is 5.54 Å². The predicted molar refractivity (Wildman–Crippen MR) is 134 cm³/mol. The zero-order valence-electron chi connectivity index (χ0n) is 21.0. The van der Waals surface area contributed by atoms with E-state index in [2.05, 4.69) is 71.9 Å². The molecule has 182 valence electrons. The Hall–Kier alpha value is -1.63. The maximum absolute atomic E-state index is 14.2. The molecule has 0 radical (unpaired) electrons. The first-order chi connectivity index (χ1) is 15.9. The highest BCUT2D eigenvalue weighted by molar-refractivity contribution is 5.93. The molecule has 5 unspecified atom stereocenters. The number of benzene rings is 1. The lowest BCUT2D eigenvalue weighted by Gasteiger charge is -2.46. The van der Waals surface area contributed by atoms with Gasteiger partial charge in [-0.05, 0) is 70.7 Å². The van der Waals surface area contributed by atoms with E-state index in [1.807, 2.05) is 0 Å². The SMILES string of the molecule is Cc1cccc2c1NC(C(=O)NC1CCC3NCC(CN(C)C)N3C1C)(C1CCCCC1)C2. The second kappa shape index (κ2) is 9.20. The fourth-order valence-corrected chi connectivity index (χ4v) is 7.25. The molecule has 2 saturated heterocycles. The normalized spacial score (nSPS) is 34.7. The van der Waals surface area contributed by atoms with E-state index in [0.717, 1.165) is 45.2 Å². The molecular weight excluding hydrogens is 410 g/mol. The molecule has 3 aliphatic heterocycles. The van der Waals surface area contributed by atoms with Gasteiger partial charge in [0.25, 0.3) is 0 Å². The molecule has 1 aromatic carbocycles. The van der Waals surface area contributed by atoms with Crippen molar-refractivity contribution in [3.63, 3.8) is 0 Å². The Morgan fingerprint density at radius 3 is 2.70 bits per heavy atom. The van der Waals surface area contributed by atoms with E-state index >= 15 is 0 Å². The van der Waals surface area contributed by atoms with Gasteiger partial charge in [0, 0.05) is 43.3 Å². The van der Waals surface area contributed by atoms with Gasteiger partial charge in [-0.15, -0.1) is 0 Å². The minimum atomic E-state index is -0.502. The van der Waals surface area contributed by atoms with Crippen molar-refractivity contribution in [2.45, 2.75) is 95.0 Å². The molecule has 0 aromatic heterocycles. The first-order valence-corrected chi connectivity index (χ1v) is 13.2. The highest BCUT2D eigenvalue weighted by atomic mass is 16.2. The van der Waals surface area contributed by atoms with Crippen LogP contribution >= 0.6 is 0 Å². The molecule has 1 aromatic rings. The number of hydrogen-bond acceptors (Lipinski definition) is 5. The number of rotatable bonds is 5. The van der Waals surface area contributed by atoms with Gasteiger partial charge in [-0.3, -0.25) is 9.69 Å². The summed E-state index contributed by atoms with van der Waals surface area (Å²) in [5, 5.41) is 11.2. The average molecular weight is 454 g/mol. The van der Waals surface area contributed by atoms with E-state index in [0.29, 0.717) is 24.2 Å². The Balaban J connectivity index is 1.37. The lowest BCUT2D eigenvalue weighted by Crippen LogP contribution is -2.64. The summed E-state index contributed by atoms with van der Waals surface area (Å²) in [6.07, 6.45) is 9.49. The van der Waals surface area contributed by atoms with E-state index in [1.54, 1.807) is 0 Å². The van der Waals surface area contributed by atoms with Crippen LogP contribution in [-0.4, -0.2) is 72.7 Å². The molecule has 6 heteroatoms. The highest BCUT2D eigenvalue weighted by Crippen LogP contribution is 2.44. The topological polar surface area (TPSA) is 59.6 Å². The van der Waals surface area contributed by atoms with Crippen LogP contribution in [0.5, 0.6) is 0 Å². The predicted octanol–water partition coefficient (Wildman–Crippen LogP) is 3.11. The average Bonchev–Trinajstić information content (AvgIpc) is 3.40. The van der Waals surface area contributed by atoms with Crippen LogP contribution in [0, 0.1) is 12.8 Å². The lowest BCUT2D eigenvalue weighted by atomic mass is 9.72. The Kier molecular flexibility index (Phi) is 6.45. The molecule has 3 heterocycles. The smallest absolute Gasteiger partial charge is 0.246 e. The van der Waals surface area contributed by atoms with Crippen LogP contribution in [0.15, 0.2) is 18.2 Å². The van der Waals surface area contributed by atoms with Gasteiger partial charge in [-0.1, -0.05) is 37.5 Å². The molecule has 5 rings (SSSR count). The molecule has 3 fully saturated rings. The molecule has 3 N–H and O–H groups in total. The lowest BCUT2D eigenvalue weighted by molar-refractivity contribution is -0.129. The van der Waals surface area contributed by atoms with Gasteiger partial charge in [0.2, 0.25) is 5.91 Å². The summed E-state index contributed by atoms with van der Waals surface area (Å²) in [7, 11) is 4.31. The van der Waals surface area contributed by atoms with Crippen LogP contribution in [0.4, 0.5) is 5.69 Å². The Labute approximate surface area is 199 Å². The number of nitrogens with one attached hydrogen (secondary N) is 3. The number of nitrogens with zero attached hydrogens (tertiary/aromatic N) is 2. The van der Waals surface area contributed by atoms with E-state index in [4.69, 9.17) is 0 Å². The van der Waals surface area contributed by atoms with Gasteiger partial charge < -0.3 is 20.9 Å². The van der Waals surface area contributed by atoms with Gasteiger partial charge in [0.1, 0.15) is 5.54 Å². The third-order valence-electron chi connectivity index (χ3n) is 8.95. The van der Waals surface area contributed by atoms with Crippen LogP contribution in [0.2, 0.25) is 0 Å². The van der Waals surface area contributed by atoms with Gasteiger partial charge in [-0.25, -0.2) is 0 Å². The summed E-state index contributed by atoms with van der Waals surface area (Å²) in [6.45, 7) is 6.57. The number of amides is 1. The number of aryl methyl sites for hydroxylation is 1. The standard InChI is InChI=1S/C27H43N5O/c1-18-9-8-10-20-15-27(30-25(18)20,21-11-6-5-7-12-21)26(33)29-23-13-14-24-28-16-22(17-31(3)4)32(24)19(23)2/h8-10,19,21-24,28,30H,5-7,11-17H2,1-4H3,(H,29,33). The molecule has 1 amide bonds. The molecular formula is C27H43N5O. The minimum absolute atomic E-state index is 0.199. The number of para-hydroxylation sites is 1. The van der Waals surface area contributed by atoms with Gasteiger partial charge in [0.15, 0.2) is 0 Å². The van der Waals surface area contributed by atoms with Gasteiger partial charge in [0.05, 0.1) is 6.17 Å². The molecule has 0 spiro atoms. The molecule has 5 atom stereocenters. The van der Waals surface area contributed by atoms with Crippen LogP contribution in [0.25, 0.3) is 0 Å². The second-order valence-electron chi connectivity index (χ2n) is 11.4. The minimum Gasteiger partial charge on any atom is -0.370 e. The van der Waals surface area contributed by atoms with Crippen LogP contribution in [-0.2, 0) is 11.2 Å². The molecule has 1 aliphatic carbocycles. The monoisotopic (exact) mass is 453 g/mol. The fourth-order valence-electron chi connectivity index (χ4n) is 7.25. The first kappa shape index (κ1) is 23.1. The third-order valence-corrected chi connectivity index (χ3v) is 8.95. The summed E-state index contributed by atoms with van der Waals surface area (Å²) < 4.78 is 0. The van der Waals surface area contributed by atoms with Crippen molar-refractivity contribution in [2.75, 3.05) is 32.5 Å². The molecule has 4 aliphatic rings. The van der Waals surface area contributed by atoms with Crippen molar-refractivity contribution < 1.29 is 4.79 Å². The Morgan fingerprint density at radius 1 is 1.18 bits per heavy atom. The molecule has 6 nitrogen and oxygen atoms in total. The third kappa shape index (κ3) is 4.19. The Morgan fingerprint density at radius 2 is 1.97 bits per heavy atom. The maximum atomic E-state index is 14.2. The van der Waals surface area contributed by atoms with E-state index in [9.17, 15) is 4.79 Å². The van der Waals surface area contributed by atoms with Crippen molar-refractivity contribution in [1.82, 2.24) is 20.4 Å². The van der Waals surface area contributed by atoms with Crippen LogP contribution in [0.3, 0.4) is 0 Å². The number of piperidine rings is 1. The van der Waals surface area contributed by atoms with Crippen molar-refractivity contribution in [3.8, 4) is 0 Å². The van der Waals surface area contributed by atoms with Crippen LogP contribution in [0.1, 0.15) is 63.0 Å². The molecule has 33 heavy (non-hydrogen) atoms. The number of fused-ring (bicyclic) bond motifs is 2. The number of carbonyl (C=O) groups excluding carboxylic acids is 1. The fraction of sp³-hybridized carbons (Fsp3) is 0.741. The summed E-state index contributed by atoms with van der Waals surface area (Å²) in [4.78, 5) is 19.1. The largest absolute Gasteiger partial charge is 0.370 e. The van der Waals surface area contributed by atoms with Crippen molar-refractivity contribution >= 4 is 11.6 Å². The van der Waals surface area contributed by atoms with Crippen LogP contribution < -0.4 is 16.0 Å². The first-order valence-electron chi connectivity index (χ1n) is 13.2.